The number of nitrogens with one attached hydrogen (secondary N) is 1. The molecule has 0 unspecified atom stereocenters. The van der Waals surface area contributed by atoms with E-state index in [9.17, 15) is 0 Å². The number of rotatable bonds is 6. The van der Waals surface area contributed by atoms with Crippen LogP contribution in [0.2, 0.25) is 0 Å². The molecule has 1 fully saturated rings. The van der Waals surface area contributed by atoms with Gasteiger partial charge in [0.15, 0.2) is 0 Å². The normalized spacial score (nSPS) is 25.8. The maximum absolute atomic E-state index is 5.84. The van der Waals surface area contributed by atoms with Gasteiger partial charge in [-0.1, -0.05) is 6.07 Å². The van der Waals surface area contributed by atoms with Gasteiger partial charge in [0.1, 0.15) is 31.0 Å². The molecule has 0 saturated carbocycles. The van der Waals surface area contributed by atoms with E-state index in [1.807, 2.05) is 0 Å². The second-order valence-corrected chi connectivity index (χ2v) is 6.47. The maximum Gasteiger partial charge on any atom is 0.119 e. The molecule has 3 nitrogen and oxygen atoms in total. The minimum atomic E-state index is 0.399. The van der Waals surface area contributed by atoms with E-state index in [-0.39, 0.29) is 0 Å². The first-order valence-electron chi connectivity index (χ1n) is 8.23. The molecule has 21 heavy (non-hydrogen) atoms. The number of ether oxygens (including phenoxy) is 2. The highest BCUT2D eigenvalue weighted by molar-refractivity contribution is 5.33. The molecule has 1 aliphatic rings. The summed E-state index contributed by atoms with van der Waals surface area (Å²) in [6.07, 6.45) is 3.14. The Kier molecular flexibility index (Phi) is 6.07. The monoisotopic (exact) mass is 292 g/mol. The second-order valence-electron chi connectivity index (χ2n) is 6.47. The zero-order chi connectivity index (χ0) is 15.2. The van der Waals surface area contributed by atoms with Gasteiger partial charge in [-0.3, -0.25) is 0 Å². The van der Waals surface area contributed by atoms with Crippen LogP contribution in [-0.4, -0.2) is 38.4 Å². The number of aryl methyl sites for hydroxylation is 2. The molecule has 0 spiro atoms. The first-order chi connectivity index (χ1) is 10.0. The lowest BCUT2D eigenvalue weighted by atomic mass is 10.1. The van der Waals surface area contributed by atoms with Gasteiger partial charge in [-0.05, 0) is 63.8 Å². The van der Waals surface area contributed by atoms with E-state index in [0.29, 0.717) is 12.2 Å². The largest absolute Gasteiger partial charge is 0.494 e. The van der Waals surface area contributed by atoms with E-state index in [2.05, 4.69) is 45.9 Å². The van der Waals surface area contributed by atoms with E-state index in [1.54, 1.807) is 4.90 Å². The summed E-state index contributed by atoms with van der Waals surface area (Å²) in [6.45, 7) is 13.0. The molecular formula is C18H30NO2+. The van der Waals surface area contributed by atoms with Gasteiger partial charge in [0, 0.05) is 0 Å². The lowest BCUT2D eigenvalue weighted by molar-refractivity contribution is -0.915. The number of benzene rings is 1. The van der Waals surface area contributed by atoms with Crippen LogP contribution in [-0.2, 0) is 4.74 Å². The molecule has 1 aromatic carbocycles. The quantitative estimate of drug-likeness (QED) is 0.812. The first-order valence-corrected chi connectivity index (χ1v) is 8.23. The van der Waals surface area contributed by atoms with Crippen molar-refractivity contribution in [3.63, 3.8) is 0 Å². The third-order valence-electron chi connectivity index (χ3n) is 4.29. The van der Waals surface area contributed by atoms with Gasteiger partial charge in [-0.25, -0.2) is 0 Å². The predicted molar refractivity (Wildman–Crippen MR) is 86.2 cm³/mol. The van der Waals surface area contributed by atoms with Crippen molar-refractivity contribution in [3.05, 3.63) is 29.3 Å². The van der Waals surface area contributed by atoms with Crippen LogP contribution < -0.4 is 9.64 Å². The van der Waals surface area contributed by atoms with Crippen LogP contribution in [0.4, 0.5) is 0 Å². The Balaban J connectivity index is 1.62. The number of hydrogen-bond acceptors (Lipinski definition) is 2. The molecule has 1 N–H and O–H groups in total. The molecule has 1 saturated heterocycles. The maximum atomic E-state index is 5.84. The predicted octanol–water partition coefficient (Wildman–Crippen LogP) is 2.15. The molecule has 0 aromatic heterocycles. The molecule has 2 atom stereocenters. The lowest BCUT2D eigenvalue weighted by Crippen LogP contribution is -3.15. The highest BCUT2D eigenvalue weighted by Gasteiger charge is 2.24. The van der Waals surface area contributed by atoms with E-state index < -0.39 is 0 Å². The summed E-state index contributed by atoms with van der Waals surface area (Å²) in [5.41, 5.74) is 2.62. The summed E-state index contributed by atoms with van der Waals surface area (Å²) in [4.78, 5) is 1.67. The fraction of sp³-hybridized carbons (Fsp3) is 0.667. The molecular weight excluding hydrogens is 262 g/mol. The van der Waals surface area contributed by atoms with Gasteiger partial charge < -0.3 is 14.4 Å². The standard InChI is InChI=1S/C18H29NO2/c1-14-7-8-18(11-15(14)2)20-10-6-5-9-19-12-16(3)21-17(4)13-19/h7-8,11,16-17H,5-6,9-10,12-13H2,1-4H3/p+1/t16-,17-/m1/s1. The Morgan fingerprint density at radius 3 is 2.48 bits per heavy atom. The van der Waals surface area contributed by atoms with Crippen LogP contribution in [0, 0.1) is 13.8 Å². The molecule has 118 valence electrons. The highest BCUT2D eigenvalue weighted by atomic mass is 16.5. The van der Waals surface area contributed by atoms with Crippen LogP contribution in [0.25, 0.3) is 0 Å². The summed E-state index contributed by atoms with van der Waals surface area (Å²) in [6, 6.07) is 6.33. The van der Waals surface area contributed by atoms with E-state index in [0.717, 1.165) is 31.9 Å². The fourth-order valence-corrected chi connectivity index (χ4v) is 3.06. The van der Waals surface area contributed by atoms with Crippen molar-refractivity contribution >= 4 is 0 Å². The van der Waals surface area contributed by atoms with Crippen molar-refractivity contribution in [2.45, 2.75) is 52.7 Å². The van der Waals surface area contributed by atoms with Crippen molar-refractivity contribution in [2.24, 2.45) is 0 Å². The van der Waals surface area contributed by atoms with Gasteiger partial charge in [-0.15, -0.1) is 0 Å². The second kappa shape index (κ2) is 7.81. The minimum absolute atomic E-state index is 0.399. The molecule has 1 aromatic rings. The van der Waals surface area contributed by atoms with Crippen LogP contribution in [0.1, 0.15) is 37.8 Å². The van der Waals surface area contributed by atoms with E-state index in [1.165, 1.54) is 24.1 Å². The third-order valence-corrected chi connectivity index (χ3v) is 4.29. The van der Waals surface area contributed by atoms with E-state index >= 15 is 0 Å². The topological polar surface area (TPSA) is 22.9 Å². The molecule has 0 aliphatic carbocycles. The molecule has 1 aliphatic heterocycles. The van der Waals surface area contributed by atoms with Gasteiger partial charge in [0.05, 0.1) is 13.2 Å². The Morgan fingerprint density at radius 2 is 1.81 bits per heavy atom. The molecule has 3 heteroatoms. The SMILES string of the molecule is Cc1ccc(OCCCC[NH+]2C[C@@H](C)O[C@H](C)C2)cc1C. The average Bonchev–Trinajstić information content (AvgIpc) is 2.41. The first kappa shape index (κ1) is 16.3. The van der Waals surface area contributed by atoms with Gasteiger partial charge in [-0.2, -0.15) is 0 Å². The Hall–Kier alpha value is -1.06. The van der Waals surface area contributed by atoms with Crippen LogP contribution in [0.5, 0.6) is 5.75 Å². The highest BCUT2D eigenvalue weighted by Crippen LogP contribution is 2.16. The summed E-state index contributed by atoms with van der Waals surface area (Å²) >= 11 is 0. The zero-order valence-electron chi connectivity index (χ0n) is 13.9. The number of unbranched alkanes of at least 4 members (excludes halogenated alkanes) is 1. The number of morpholine rings is 1. The molecule has 0 radical (unpaired) electrons. The Bertz CT molecular complexity index is 437. The smallest absolute Gasteiger partial charge is 0.119 e. The van der Waals surface area contributed by atoms with Crippen molar-refractivity contribution in [1.29, 1.82) is 0 Å². The Morgan fingerprint density at radius 1 is 1.10 bits per heavy atom. The van der Waals surface area contributed by atoms with Crippen LogP contribution in [0.15, 0.2) is 18.2 Å². The molecule has 0 bridgehead atoms. The van der Waals surface area contributed by atoms with Crippen molar-refractivity contribution in [1.82, 2.24) is 0 Å². The summed E-state index contributed by atoms with van der Waals surface area (Å²) in [5.74, 6) is 0.999. The molecule has 0 amide bonds. The summed E-state index contributed by atoms with van der Waals surface area (Å²) < 4.78 is 11.6. The molecule has 2 rings (SSSR count). The van der Waals surface area contributed by atoms with Crippen molar-refractivity contribution < 1.29 is 14.4 Å². The fourth-order valence-electron chi connectivity index (χ4n) is 3.06. The third kappa shape index (κ3) is 5.33. The van der Waals surface area contributed by atoms with Crippen molar-refractivity contribution in [2.75, 3.05) is 26.2 Å². The van der Waals surface area contributed by atoms with Gasteiger partial charge in [0.25, 0.3) is 0 Å². The lowest BCUT2D eigenvalue weighted by Gasteiger charge is -2.32. The van der Waals surface area contributed by atoms with Crippen LogP contribution >= 0.6 is 0 Å². The number of hydrogen-bond donors (Lipinski definition) is 1. The Labute approximate surface area is 129 Å². The summed E-state index contributed by atoms with van der Waals surface area (Å²) in [7, 11) is 0. The van der Waals surface area contributed by atoms with Gasteiger partial charge in [0.2, 0.25) is 0 Å². The number of quaternary nitrogens is 1. The zero-order valence-corrected chi connectivity index (χ0v) is 13.9. The van der Waals surface area contributed by atoms with Gasteiger partial charge >= 0.3 is 0 Å². The van der Waals surface area contributed by atoms with Crippen molar-refractivity contribution in [3.8, 4) is 5.75 Å². The average molecular weight is 292 g/mol. The van der Waals surface area contributed by atoms with Crippen LogP contribution in [0.3, 0.4) is 0 Å². The van der Waals surface area contributed by atoms with E-state index in [4.69, 9.17) is 9.47 Å². The minimum Gasteiger partial charge on any atom is -0.494 e. The summed E-state index contributed by atoms with van der Waals surface area (Å²) in [5, 5.41) is 0. The molecule has 1 heterocycles.